The van der Waals surface area contributed by atoms with E-state index in [0.29, 0.717) is 18.8 Å². The Morgan fingerprint density at radius 3 is 3.00 bits per heavy atom. The highest BCUT2D eigenvalue weighted by molar-refractivity contribution is 9.10. The molecule has 7 heteroatoms. The number of hydrogen-bond donors (Lipinski definition) is 2. The van der Waals surface area contributed by atoms with Crippen LogP contribution in [0.5, 0.6) is 11.5 Å². The van der Waals surface area contributed by atoms with E-state index in [1.807, 2.05) is 18.2 Å². The summed E-state index contributed by atoms with van der Waals surface area (Å²) < 4.78 is 17.2. The topological polar surface area (TPSA) is 82.8 Å². The largest absolute Gasteiger partial charge is 0.497 e. The van der Waals surface area contributed by atoms with Crippen molar-refractivity contribution in [3.05, 3.63) is 22.7 Å². The lowest BCUT2D eigenvalue weighted by atomic mass is 10.2. The molecule has 0 radical (unpaired) electrons. The second kappa shape index (κ2) is 6.92. The van der Waals surface area contributed by atoms with Gasteiger partial charge in [0.05, 0.1) is 17.7 Å². The van der Waals surface area contributed by atoms with Crippen molar-refractivity contribution >= 4 is 21.8 Å². The van der Waals surface area contributed by atoms with Crippen molar-refractivity contribution in [2.45, 2.75) is 25.0 Å². The molecule has 6 nitrogen and oxygen atoms in total. The first-order valence-electron chi connectivity index (χ1n) is 6.26. The summed E-state index contributed by atoms with van der Waals surface area (Å²) in [7, 11) is 1.61. The first-order valence-corrected chi connectivity index (χ1v) is 7.05. The number of halogens is 1. The van der Waals surface area contributed by atoms with Crippen molar-refractivity contribution in [1.29, 1.82) is 0 Å². The maximum absolute atomic E-state index is 11.3. The Balaban J connectivity index is 1.86. The SMILES string of the molecule is COc1ccc(OCC2CCC(C(=O)NN)O2)c(Br)c1. The van der Waals surface area contributed by atoms with Gasteiger partial charge in [-0.2, -0.15) is 0 Å². The van der Waals surface area contributed by atoms with Gasteiger partial charge in [-0.15, -0.1) is 0 Å². The summed E-state index contributed by atoms with van der Waals surface area (Å²) in [6, 6.07) is 5.47. The number of nitrogens with two attached hydrogens (primary N) is 1. The number of methoxy groups -OCH3 is 1. The zero-order valence-electron chi connectivity index (χ0n) is 11.1. The van der Waals surface area contributed by atoms with Crippen molar-refractivity contribution in [3.63, 3.8) is 0 Å². The van der Waals surface area contributed by atoms with Crippen molar-refractivity contribution < 1.29 is 19.0 Å². The summed E-state index contributed by atoms with van der Waals surface area (Å²) in [5.74, 6) is 6.25. The summed E-state index contributed by atoms with van der Waals surface area (Å²) in [5.41, 5.74) is 2.10. The van der Waals surface area contributed by atoms with E-state index in [1.165, 1.54) is 0 Å². The smallest absolute Gasteiger partial charge is 0.263 e. The zero-order valence-corrected chi connectivity index (χ0v) is 12.7. The minimum atomic E-state index is -0.479. The molecule has 1 aliphatic heterocycles. The van der Waals surface area contributed by atoms with Crippen molar-refractivity contribution in [1.82, 2.24) is 5.43 Å². The summed E-state index contributed by atoms with van der Waals surface area (Å²) >= 11 is 3.42. The van der Waals surface area contributed by atoms with E-state index in [4.69, 9.17) is 20.1 Å². The van der Waals surface area contributed by atoms with Crippen molar-refractivity contribution in [2.24, 2.45) is 5.84 Å². The Labute approximate surface area is 125 Å². The van der Waals surface area contributed by atoms with Crippen LogP contribution in [0.2, 0.25) is 0 Å². The zero-order chi connectivity index (χ0) is 14.5. The maximum Gasteiger partial charge on any atom is 0.263 e. The van der Waals surface area contributed by atoms with Crippen LogP contribution >= 0.6 is 15.9 Å². The molecule has 0 aliphatic carbocycles. The lowest BCUT2D eigenvalue weighted by Crippen LogP contribution is -2.39. The quantitative estimate of drug-likeness (QED) is 0.479. The standard InChI is InChI=1S/C13H17BrN2O4/c1-18-8-2-4-11(10(14)6-8)19-7-9-3-5-12(20-9)13(17)16-15/h2,4,6,9,12H,3,5,7,15H2,1H3,(H,16,17). The Morgan fingerprint density at radius 1 is 1.55 bits per heavy atom. The second-order valence-corrected chi connectivity index (χ2v) is 5.29. The number of benzene rings is 1. The third-order valence-electron chi connectivity index (χ3n) is 3.11. The lowest BCUT2D eigenvalue weighted by molar-refractivity contribution is -0.132. The Morgan fingerprint density at radius 2 is 2.35 bits per heavy atom. The summed E-state index contributed by atoms with van der Waals surface area (Å²) in [5, 5.41) is 0. The molecular formula is C13H17BrN2O4. The van der Waals surface area contributed by atoms with Gasteiger partial charge in [0.15, 0.2) is 0 Å². The Kier molecular flexibility index (Phi) is 5.22. The van der Waals surface area contributed by atoms with E-state index in [-0.39, 0.29) is 12.0 Å². The highest BCUT2D eigenvalue weighted by Crippen LogP contribution is 2.30. The van der Waals surface area contributed by atoms with Gasteiger partial charge in [0.1, 0.15) is 24.2 Å². The van der Waals surface area contributed by atoms with Crippen LogP contribution in [0.3, 0.4) is 0 Å². The number of amides is 1. The summed E-state index contributed by atoms with van der Waals surface area (Å²) in [6.07, 6.45) is 0.839. The molecule has 20 heavy (non-hydrogen) atoms. The average molecular weight is 345 g/mol. The van der Waals surface area contributed by atoms with Crippen molar-refractivity contribution in [3.8, 4) is 11.5 Å². The second-order valence-electron chi connectivity index (χ2n) is 4.44. The third kappa shape index (κ3) is 3.62. The van der Waals surface area contributed by atoms with Crippen LogP contribution in [-0.4, -0.2) is 31.8 Å². The summed E-state index contributed by atoms with van der Waals surface area (Å²) in [4.78, 5) is 11.3. The molecule has 1 amide bonds. The Bertz CT molecular complexity index is 483. The van der Waals surface area contributed by atoms with Crippen LogP contribution in [0.4, 0.5) is 0 Å². The van der Waals surface area contributed by atoms with Gasteiger partial charge in [-0.25, -0.2) is 5.84 Å². The molecule has 1 fully saturated rings. The number of hydrazine groups is 1. The van der Waals surface area contributed by atoms with Crippen LogP contribution in [-0.2, 0) is 9.53 Å². The fraction of sp³-hybridized carbons (Fsp3) is 0.462. The molecule has 1 aromatic rings. The van der Waals surface area contributed by atoms with E-state index >= 15 is 0 Å². The lowest BCUT2D eigenvalue weighted by Gasteiger charge is -2.15. The van der Waals surface area contributed by atoms with Crippen molar-refractivity contribution in [2.75, 3.05) is 13.7 Å². The van der Waals surface area contributed by atoms with Crippen LogP contribution in [0.1, 0.15) is 12.8 Å². The Hall–Kier alpha value is -1.31. The number of nitrogens with one attached hydrogen (secondary N) is 1. The average Bonchev–Trinajstić information content (AvgIpc) is 2.94. The van der Waals surface area contributed by atoms with E-state index in [2.05, 4.69) is 21.4 Å². The highest BCUT2D eigenvalue weighted by Gasteiger charge is 2.30. The first kappa shape index (κ1) is 15.1. The van der Waals surface area contributed by atoms with Crippen LogP contribution < -0.4 is 20.7 Å². The molecule has 1 saturated heterocycles. The molecule has 0 bridgehead atoms. The van der Waals surface area contributed by atoms with E-state index in [0.717, 1.165) is 16.6 Å². The number of hydrogen-bond acceptors (Lipinski definition) is 5. The molecule has 2 atom stereocenters. The van der Waals surface area contributed by atoms with Gasteiger partial charge in [-0.05, 0) is 47.0 Å². The van der Waals surface area contributed by atoms with Gasteiger partial charge < -0.3 is 14.2 Å². The molecule has 110 valence electrons. The molecular weight excluding hydrogens is 328 g/mol. The van der Waals surface area contributed by atoms with Crippen LogP contribution in [0.15, 0.2) is 22.7 Å². The van der Waals surface area contributed by atoms with Gasteiger partial charge in [-0.1, -0.05) is 0 Å². The minimum Gasteiger partial charge on any atom is -0.497 e. The third-order valence-corrected chi connectivity index (χ3v) is 3.73. The van der Waals surface area contributed by atoms with E-state index < -0.39 is 6.10 Å². The van der Waals surface area contributed by atoms with Gasteiger partial charge in [-0.3, -0.25) is 10.2 Å². The number of carbonyl (C=O) groups excluding carboxylic acids is 1. The van der Waals surface area contributed by atoms with Gasteiger partial charge in [0.25, 0.3) is 5.91 Å². The molecule has 0 aromatic heterocycles. The summed E-state index contributed by atoms with van der Waals surface area (Å²) in [6.45, 7) is 0.388. The number of ether oxygens (including phenoxy) is 3. The molecule has 2 unspecified atom stereocenters. The van der Waals surface area contributed by atoms with E-state index in [9.17, 15) is 4.79 Å². The number of rotatable bonds is 5. The number of carbonyl (C=O) groups is 1. The van der Waals surface area contributed by atoms with Gasteiger partial charge in [0, 0.05) is 0 Å². The molecule has 1 heterocycles. The predicted molar refractivity (Wildman–Crippen MR) is 76.4 cm³/mol. The normalized spacial score (nSPS) is 21.6. The van der Waals surface area contributed by atoms with Crippen LogP contribution in [0.25, 0.3) is 0 Å². The molecule has 0 spiro atoms. The molecule has 2 rings (SSSR count). The minimum absolute atomic E-state index is 0.105. The maximum atomic E-state index is 11.3. The molecule has 1 aliphatic rings. The molecule has 0 saturated carbocycles. The molecule has 3 N–H and O–H groups in total. The monoisotopic (exact) mass is 344 g/mol. The first-order chi connectivity index (χ1) is 9.63. The highest BCUT2D eigenvalue weighted by atomic mass is 79.9. The fourth-order valence-corrected chi connectivity index (χ4v) is 2.49. The van der Waals surface area contributed by atoms with Crippen LogP contribution in [0, 0.1) is 0 Å². The molecule has 1 aromatic carbocycles. The van der Waals surface area contributed by atoms with E-state index in [1.54, 1.807) is 7.11 Å². The predicted octanol–water partition coefficient (Wildman–Crippen LogP) is 1.37. The fourth-order valence-electron chi connectivity index (χ4n) is 2.02. The van der Waals surface area contributed by atoms with Gasteiger partial charge >= 0.3 is 0 Å². The van der Waals surface area contributed by atoms with Gasteiger partial charge in [0.2, 0.25) is 0 Å².